The molecule has 0 aromatic heterocycles. The van der Waals surface area contributed by atoms with Crippen molar-refractivity contribution in [3.63, 3.8) is 0 Å². The molecule has 0 N–H and O–H groups in total. The zero-order chi connectivity index (χ0) is 9.97. The summed E-state index contributed by atoms with van der Waals surface area (Å²) >= 11 is 3.40. The minimum atomic E-state index is 0.696. The van der Waals surface area contributed by atoms with Gasteiger partial charge < -0.3 is 4.90 Å². The third kappa shape index (κ3) is 1.80. The monoisotopic (exact) mass is 248 g/mol. The van der Waals surface area contributed by atoms with Crippen LogP contribution < -0.4 is 4.90 Å². The zero-order valence-corrected chi connectivity index (χ0v) is 9.16. The number of hydrogen-bond acceptors (Lipinski definition) is 2. The Bertz CT molecular complexity index is 410. The Labute approximate surface area is 91.6 Å². The maximum absolute atomic E-state index is 8.82. The van der Waals surface area contributed by atoms with E-state index in [4.69, 9.17) is 5.26 Å². The van der Waals surface area contributed by atoms with E-state index in [-0.39, 0.29) is 0 Å². The Morgan fingerprint density at radius 1 is 1.21 bits per heavy atom. The van der Waals surface area contributed by atoms with Crippen LogP contribution in [0.25, 0.3) is 0 Å². The first-order valence-electron chi connectivity index (χ1n) is 4.40. The Morgan fingerprint density at radius 2 is 1.93 bits per heavy atom. The van der Waals surface area contributed by atoms with Crippen LogP contribution in [-0.4, -0.2) is 13.1 Å². The Balaban J connectivity index is 2.34. The van der Waals surface area contributed by atoms with E-state index >= 15 is 0 Å². The first-order chi connectivity index (χ1) is 6.79. The highest BCUT2D eigenvalue weighted by Crippen LogP contribution is 2.23. The van der Waals surface area contributed by atoms with E-state index in [0.717, 1.165) is 23.2 Å². The van der Waals surface area contributed by atoms with Gasteiger partial charge in [0.1, 0.15) is 0 Å². The fourth-order valence-electron chi connectivity index (χ4n) is 1.51. The van der Waals surface area contributed by atoms with Crippen molar-refractivity contribution >= 4 is 21.6 Å². The minimum Gasteiger partial charge on any atom is -0.364 e. The second-order valence-electron chi connectivity index (χ2n) is 3.19. The highest BCUT2D eigenvalue weighted by molar-refractivity contribution is 9.10. The topological polar surface area (TPSA) is 27.0 Å². The number of benzene rings is 1. The van der Waals surface area contributed by atoms with Crippen LogP contribution in [0.15, 0.2) is 34.8 Å². The van der Waals surface area contributed by atoms with Crippen molar-refractivity contribution in [2.75, 3.05) is 18.0 Å². The predicted molar refractivity (Wildman–Crippen MR) is 60.2 cm³/mol. The fourth-order valence-corrected chi connectivity index (χ4v) is 1.99. The molecular formula is C11H9BrN2. The lowest BCUT2D eigenvalue weighted by molar-refractivity contribution is 1.01. The normalized spacial score (nSPS) is 14.4. The van der Waals surface area contributed by atoms with Crippen LogP contribution >= 0.6 is 15.9 Å². The third-order valence-corrected chi connectivity index (χ3v) is 2.65. The van der Waals surface area contributed by atoms with Crippen LogP contribution in [0.5, 0.6) is 0 Å². The van der Waals surface area contributed by atoms with Crippen molar-refractivity contribution < 1.29 is 0 Å². The van der Waals surface area contributed by atoms with Crippen LogP contribution in [0, 0.1) is 11.3 Å². The zero-order valence-electron chi connectivity index (χ0n) is 7.57. The smallest absolute Gasteiger partial charge is 0.0992 e. The molecule has 0 radical (unpaired) electrons. The minimum absolute atomic E-state index is 0.696. The molecule has 1 aromatic carbocycles. The van der Waals surface area contributed by atoms with Gasteiger partial charge in [0.05, 0.1) is 11.6 Å². The molecule has 0 atom stereocenters. The van der Waals surface area contributed by atoms with E-state index in [1.54, 1.807) is 0 Å². The molecular weight excluding hydrogens is 240 g/mol. The van der Waals surface area contributed by atoms with Crippen LogP contribution in [0.4, 0.5) is 5.69 Å². The van der Waals surface area contributed by atoms with Crippen molar-refractivity contribution in [3.8, 4) is 6.07 Å². The summed E-state index contributed by atoms with van der Waals surface area (Å²) in [6, 6.07) is 7.93. The molecule has 1 aliphatic heterocycles. The van der Waals surface area contributed by atoms with Crippen LogP contribution in [-0.2, 0) is 0 Å². The van der Waals surface area contributed by atoms with Crippen molar-refractivity contribution in [1.82, 2.24) is 0 Å². The Kier molecular flexibility index (Phi) is 2.55. The van der Waals surface area contributed by atoms with Gasteiger partial charge in [0.15, 0.2) is 0 Å². The molecule has 0 spiro atoms. The van der Waals surface area contributed by atoms with Crippen LogP contribution in [0.1, 0.15) is 5.56 Å². The molecule has 1 aliphatic rings. The third-order valence-electron chi connectivity index (χ3n) is 2.20. The molecule has 0 saturated heterocycles. The van der Waals surface area contributed by atoms with Crippen LogP contribution in [0.3, 0.4) is 0 Å². The number of anilines is 1. The van der Waals surface area contributed by atoms with E-state index in [1.807, 2.05) is 18.2 Å². The second kappa shape index (κ2) is 3.85. The summed E-state index contributed by atoms with van der Waals surface area (Å²) in [4.78, 5) is 2.21. The van der Waals surface area contributed by atoms with Gasteiger partial charge in [-0.05, 0) is 18.2 Å². The van der Waals surface area contributed by atoms with Gasteiger partial charge in [-0.1, -0.05) is 28.1 Å². The molecule has 1 aromatic rings. The van der Waals surface area contributed by atoms with E-state index in [1.165, 1.54) is 0 Å². The number of rotatable bonds is 1. The van der Waals surface area contributed by atoms with Gasteiger partial charge in [-0.3, -0.25) is 0 Å². The van der Waals surface area contributed by atoms with Crippen molar-refractivity contribution in [2.45, 2.75) is 0 Å². The summed E-state index contributed by atoms with van der Waals surface area (Å²) in [5, 5.41) is 8.82. The van der Waals surface area contributed by atoms with E-state index in [9.17, 15) is 0 Å². The summed E-state index contributed by atoms with van der Waals surface area (Å²) in [5.74, 6) is 0. The Hall–Kier alpha value is -1.27. The van der Waals surface area contributed by atoms with Gasteiger partial charge in [0.2, 0.25) is 0 Å². The SMILES string of the molecule is N#Cc1cc(Br)cc(N2CC=CC2)c1. The number of nitriles is 1. The first-order valence-corrected chi connectivity index (χ1v) is 5.19. The van der Waals surface area contributed by atoms with Gasteiger partial charge in [0, 0.05) is 23.2 Å². The molecule has 2 nitrogen and oxygen atoms in total. The second-order valence-corrected chi connectivity index (χ2v) is 4.10. The molecule has 0 saturated carbocycles. The molecule has 3 heteroatoms. The molecule has 70 valence electrons. The highest BCUT2D eigenvalue weighted by atomic mass is 79.9. The van der Waals surface area contributed by atoms with Crippen molar-refractivity contribution in [3.05, 3.63) is 40.4 Å². The van der Waals surface area contributed by atoms with Crippen molar-refractivity contribution in [2.24, 2.45) is 0 Å². The largest absolute Gasteiger partial charge is 0.364 e. The fraction of sp³-hybridized carbons (Fsp3) is 0.182. The molecule has 0 unspecified atom stereocenters. The lowest BCUT2D eigenvalue weighted by Crippen LogP contribution is -2.18. The molecule has 1 heterocycles. The predicted octanol–water partition coefficient (Wildman–Crippen LogP) is 2.70. The van der Waals surface area contributed by atoms with Gasteiger partial charge >= 0.3 is 0 Å². The number of nitrogens with zero attached hydrogens (tertiary/aromatic N) is 2. The summed E-state index contributed by atoms with van der Waals surface area (Å²) in [6.07, 6.45) is 4.26. The lowest BCUT2D eigenvalue weighted by atomic mass is 10.2. The summed E-state index contributed by atoms with van der Waals surface area (Å²) in [7, 11) is 0. The number of halogens is 1. The van der Waals surface area contributed by atoms with Gasteiger partial charge in [-0.15, -0.1) is 0 Å². The average Bonchev–Trinajstić information content (AvgIpc) is 2.69. The van der Waals surface area contributed by atoms with E-state index < -0.39 is 0 Å². The molecule has 0 amide bonds. The molecule has 0 fully saturated rings. The highest BCUT2D eigenvalue weighted by Gasteiger charge is 2.08. The van der Waals surface area contributed by atoms with E-state index in [0.29, 0.717) is 5.56 Å². The average molecular weight is 249 g/mol. The number of hydrogen-bond donors (Lipinski definition) is 0. The lowest BCUT2D eigenvalue weighted by Gasteiger charge is -2.17. The molecule has 0 bridgehead atoms. The molecule has 0 aliphatic carbocycles. The first kappa shape index (κ1) is 9.29. The molecule has 14 heavy (non-hydrogen) atoms. The maximum Gasteiger partial charge on any atom is 0.0992 e. The van der Waals surface area contributed by atoms with Gasteiger partial charge in [0.25, 0.3) is 0 Å². The summed E-state index contributed by atoms with van der Waals surface area (Å²) in [5.41, 5.74) is 1.79. The standard InChI is InChI=1S/C11H9BrN2/c12-10-5-9(8-13)6-11(7-10)14-3-1-2-4-14/h1-2,5-7H,3-4H2. The molecule has 2 rings (SSSR count). The van der Waals surface area contributed by atoms with E-state index in [2.05, 4.69) is 39.1 Å². The summed E-state index contributed by atoms with van der Waals surface area (Å²) in [6.45, 7) is 1.86. The van der Waals surface area contributed by atoms with Gasteiger partial charge in [-0.25, -0.2) is 0 Å². The van der Waals surface area contributed by atoms with Gasteiger partial charge in [-0.2, -0.15) is 5.26 Å². The summed E-state index contributed by atoms with van der Waals surface area (Å²) < 4.78 is 0.957. The Morgan fingerprint density at radius 3 is 2.57 bits per heavy atom. The van der Waals surface area contributed by atoms with Crippen molar-refractivity contribution in [1.29, 1.82) is 5.26 Å². The quantitative estimate of drug-likeness (QED) is 0.715. The van der Waals surface area contributed by atoms with Crippen LogP contribution in [0.2, 0.25) is 0 Å². The maximum atomic E-state index is 8.82.